The normalized spacial score (nSPS) is 15.3. The van der Waals surface area contributed by atoms with E-state index in [1.807, 2.05) is 0 Å². The van der Waals surface area contributed by atoms with Crippen molar-refractivity contribution in [1.29, 1.82) is 0 Å². The van der Waals surface area contributed by atoms with Gasteiger partial charge in [-0.25, -0.2) is 8.42 Å². The molecule has 0 amide bonds. The zero-order valence-electron chi connectivity index (χ0n) is 8.14. The molecule has 0 unspecified atom stereocenters. The molecule has 0 aliphatic carbocycles. The summed E-state index contributed by atoms with van der Waals surface area (Å²) >= 11 is 0. The quantitative estimate of drug-likeness (QED) is 0.612. The number of rotatable bonds is 5. The Labute approximate surface area is 79.0 Å². The van der Waals surface area contributed by atoms with E-state index >= 15 is 0 Å². The summed E-state index contributed by atoms with van der Waals surface area (Å²) in [5.74, 6) is 0. The molecule has 0 aromatic heterocycles. The topological polar surface area (TPSA) is 77.8 Å². The first-order valence-corrected chi connectivity index (χ1v) is 5.89. The third-order valence-corrected chi connectivity index (χ3v) is 3.03. The lowest BCUT2D eigenvalue weighted by Gasteiger charge is -2.25. The van der Waals surface area contributed by atoms with Crippen molar-refractivity contribution in [2.24, 2.45) is 0 Å². The van der Waals surface area contributed by atoms with Gasteiger partial charge >= 0.3 is 0 Å². The Morgan fingerprint density at radius 2 is 1.85 bits per heavy atom. The van der Waals surface area contributed by atoms with Crippen LogP contribution in [0.5, 0.6) is 0 Å². The summed E-state index contributed by atoms with van der Waals surface area (Å²) in [6.45, 7) is 2.93. The van der Waals surface area contributed by atoms with E-state index in [1.54, 1.807) is 13.8 Å². The van der Waals surface area contributed by atoms with Gasteiger partial charge in [0.2, 0.25) is 10.0 Å². The Kier molecular flexibility index (Phi) is 4.83. The Hall–Kier alpha value is -0.170. The molecule has 0 aromatic rings. The molecule has 0 rings (SSSR count). The van der Waals surface area contributed by atoms with Gasteiger partial charge in [-0.3, -0.25) is 0 Å². The summed E-state index contributed by atoms with van der Waals surface area (Å²) in [5, 5.41) is 17.6. The van der Waals surface area contributed by atoms with Crippen LogP contribution in [0.4, 0.5) is 0 Å². The minimum Gasteiger partial charge on any atom is -0.394 e. The zero-order valence-corrected chi connectivity index (χ0v) is 8.95. The molecular weight excluding hydrogens is 194 g/mol. The summed E-state index contributed by atoms with van der Waals surface area (Å²) in [7, 11) is -3.31. The van der Waals surface area contributed by atoms with E-state index in [9.17, 15) is 8.42 Å². The monoisotopic (exact) mass is 211 g/mol. The van der Waals surface area contributed by atoms with Crippen molar-refractivity contribution < 1.29 is 18.6 Å². The molecule has 0 fully saturated rings. The first kappa shape index (κ1) is 12.8. The highest BCUT2D eigenvalue weighted by atomic mass is 32.2. The molecule has 13 heavy (non-hydrogen) atoms. The van der Waals surface area contributed by atoms with E-state index in [0.29, 0.717) is 0 Å². The lowest BCUT2D eigenvalue weighted by Crippen LogP contribution is -2.42. The molecule has 80 valence electrons. The average Bonchev–Trinajstić information content (AvgIpc) is 1.96. The van der Waals surface area contributed by atoms with Crippen molar-refractivity contribution in [3.8, 4) is 0 Å². The third-order valence-electron chi connectivity index (χ3n) is 1.60. The second kappa shape index (κ2) is 4.90. The second-order valence-electron chi connectivity index (χ2n) is 3.26. The van der Waals surface area contributed by atoms with E-state index in [-0.39, 0.29) is 12.6 Å². The number of hydrogen-bond acceptors (Lipinski definition) is 4. The lowest BCUT2D eigenvalue weighted by molar-refractivity contribution is 0.0740. The minimum absolute atomic E-state index is 0.0625. The van der Waals surface area contributed by atoms with Crippen molar-refractivity contribution in [2.45, 2.75) is 26.0 Å². The molecule has 0 aromatic carbocycles. The maximum Gasteiger partial charge on any atom is 0.211 e. The zero-order chi connectivity index (χ0) is 10.6. The van der Waals surface area contributed by atoms with Gasteiger partial charge in [0.15, 0.2) is 0 Å². The molecule has 0 aliphatic rings. The number of aliphatic hydroxyl groups is 2. The van der Waals surface area contributed by atoms with E-state index in [1.165, 1.54) is 0 Å². The molecule has 0 bridgehead atoms. The van der Waals surface area contributed by atoms with Crippen molar-refractivity contribution in [3.63, 3.8) is 0 Å². The van der Waals surface area contributed by atoms with Gasteiger partial charge in [0.1, 0.15) is 0 Å². The van der Waals surface area contributed by atoms with Gasteiger partial charge in [0.05, 0.1) is 19.0 Å². The van der Waals surface area contributed by atoms with Crippen LogP contribution >= 0.6 is 0 Å². The molecule has 0 radical (unpaired) electrons. The number of hydrogen-bond donors (Lipinski definition) is 2. The fourth-order valence-electron chi connectivity index (χ4n) is 0.995. The van der Waals surface area contributed by atoms with Gasteiger partial charge in [-0.05, 0) is 13.8 Å². The molecule has 0 aliphatic heterocycles. The predicted octanol–water partition coefficient (Wildman–Crippen LogP) is -0.990. The highest BCUT2D eigenvalue weighted by Gasteiger charge is 2.22. The maximum absolute atomic E-state index is 11.2. The van der Waals surface area contributed by atoms with E-state index < -0.39 is 22.7 Å². The van der Waals surface area contributed by atoms with Gasteiger partial charge in [0.25, 0.3) is 0 Å². The minimum atomic E-state index is -3.31. The van der Waals surface area contributed by atoms with Gasteiger partial charge in [-0.1, -0.05) is 0 Å². The van der Waals surface area contributed by atoms with E-state index in [4.69, 9.17) is 10.2 Å². The average molecular weight is 211 g/mol. The van der Waals surface area contributed by atoms with Crippen LogP contribution in [0.15, 0.2) is 0 Å². The summed E-state index contributed by atoms with van der Waals surface area (Å²) in [4.78, 5) is 0. The van der Waals surface area contributed by atoms with Crippen LogP contribution in [0.1, 0.15) is 13.8 Å². The summed E-state index contributed by atoms with van der Waals surface area (Å²) in [5.41, 5.74) is 0. The van der Waals surface area contributed by atoms with Crippen LogP contribution in [0.25, 0.3) is 0 Å². The predicted molar refractivity (Wildman–Crippen MR) is 49.8 cm³/mol. The molecule has 0 saturated heterocycles. The maximum atomic E-state index is 11.2. The van der Waals surface area contributed by atoms with Crippen LogP contribution in [0.3, 0.4) is 0 Å². The molecule has 6 heteroatoms. The lowest BCUT2D eigenvalue weighted by atomic mass is 10.3. The van der Waals surface area contributed by atoms with Crippen molar-refractivity contribution in [2.75, 3.05) is 19.4 Å². The van der Waals surface area contributed by atoms with Crippen LogP contribution in [0, 0.1) is 0 Å². The number of nitrogens with zero attached hydrogens (tertiary/aromatic N) is 1. The van der Waals surface area contributed by atoms with Crippen molar-refractivity contribution in [3.05, 3.63) is 0 Å². The van der Waals surface area contributed by atoms with E-state index in [2.05, 4.69) is 0 Å². The third kappa shape index (κ3) is 4.56. The molecule has 0 heterocycles. The molecule has 0 saturated carbocycles. The SMILES string of the molecule is CC(C)N(C[C@H](O)CO)S(C)(=O)=O. The van der Waals surface area contributed by atoms with Gasteiger partial charge < -0.3 is 10.2 Å². The van der Waals surface area contributed by atoms with Crippen LogP contribution in [-0.2, 0) is 10.0 Å². The van der Waals surface area contributed by atoms with Gasteiger partial charge in [-0.2, -0.15) is 4.31 Å². The fraction of sp³-hybridized carbons (Fsp3) is 1.00. The van der Waals surface area contributed by atoms with Gasteiger partial charge in [-0.15, -0.1) is 0 Å². The van der Waals surface area contributed by atoms with Gasteiger partial charge in [0, 0.05) is 12.6 Å². The highest BCUT2D eigenvalue weighted by molar-refractivity contribution is 7.88. The van der Waals surface area contributed by atoms with Crippen LogP contribution in [0.2, 0.25) is 0 Å². The Bertz CT molecular complexity index is 237. The standard InChI is InChI=1S/C7H17NO4S/c1-6(2)8(13(3,11)12)4-7(10)5-9/h6-7,9-10H,4-5H2,1-3H3/t7-/m0/s1. The number of aliphatic hydroxyl groups excluding tert-OH is 2. The Morgan fingerprint density at radius 3 is 2.08 bits per heavy atom. The smallest absolute Gasteiger partial charge is 0.211 e. The molecule has 0 spiro atoms. The molecular formula is C7H17NO4S. The first-order chi connectivity index (χ1) is 5.79. The first-order valence-electron chi connectivity index (χ1n) is 4.04. The Morgan fingerprint density at radius 1 is 1.38 bits per heavy atom. The molecule has 1 atom stereocenters. The van der Waals surface area contributed by atoms with Crippen molar-refractivity contribution >= 4 is 10.0 Å². The second-order valence-corrected chi connectivity index (χ2v) is 5.20. The van der Waals surface area contributed by atoms with Crippen molar-refractivity contribution in [1.82, 2.24) is 4.31 Å². The fourth-order valence-corrected chi connectivity index (χ4v) is 2.20. The summed E-state index contributed by atoms with van der Waals surface area (Å²) < 4.78 is 23.5. The molecule has 5 nitrogen and oxygen atoms in total. The number of sulfonamides is 1. The van der Waals surface area contributed by atoms with Crippen LogP contribution in [-0.4, -0.2) is 54.5 Å². The van der Waals surface area contributed by atoms with E-state index in [0.717, 1.165) is 10.6 Å². The Balaban J connectivity index is 4.47. The summed E-state index contributed by atoms with van der Waals surface area (Å²) in [6, 6.07) is -0.212. The largest absolute Gasteiger partial charge is 0.394 e. The van der Waals surface area contributed by atoms with Crippen LogP contribution < -0.4 is 0 Å². The molecule has 2 N–H and O–H groups in total. The highest BCUT2D eigenvalue weighted by Crippen LogP contribution is 2.05. The summed E-state index contributed by atoms with van der Waals surface area (Å²) in [6.07, 6.45) is 0.0639.